The van der Waals surface area contributed by atoms with E-state index in [1.807, 2.05) is 43.3 Å². The van der Waals surface area contributed by atoms with E-state index in [9.17, 15) is 9.59 Å². The summed E-state index contributed by atoms with van der Waals surface area (Å²) < 4.78 is 5.19. The van der Waals surface area contributed by atoms with Crippen LogP contribution in [-0.2, 0) is 16.0 Å². The Bertz CT molecular complexity index is 605. The van der Waals surface area contributed by atoms with Gasteiger partial charge >= 0.3 is 5.97 Å². The molecular weight excluding hydrogens is 276 g/mol. The van der Waals surface area contributed by atoms with Crippen LogP contribution < -0.4 is 0 Å². The second kappa shape index (κ2) is 8.13. The van der Waals surface area contributed by atoms with E-state index < -0.39 is 0 Å². The van der Waals surface area contributed by atoms with Crippen LogP contribution in [0, 0.1) is 5.92 Å². The Morgan fingerprint density at radius 1 is 0.955 bits per heavy atom. The normalized spacial score (nSPS) is 11.7. The number of hydrogen-bond donors (Lipinski definition) is 0. The molecule has 0 N–H and O–H groups in total. The van der Waals surface area contributed by atoms with Crippen LogP contribution in [0.1, 0.15) is 29.3 Å². The molecule has 0 unspecified atom stereocenters. The molecule has 2 aromatic carbocycles. The molecule has 3 nitrogen and oxygen atoms in total. The zero-order valence-electron chi connectivity index (χ0n) is 12.7. The molecule has 0 fully saturated rings. The molecular formula is C19H20O3. The van der Waals surface area contributed by atoms with Gasteiger partial charge in [-0.3, -0.25) is 9.59 Å². The molecule has 1 atom stereocenters. The molecule has 3 heteroatoms. The van der Waals surface area contributed by atoms with Crippen LogP contribution >= 0.6 is 0 Å². The first kappa shape index (κ1) is 16.0. The molecule has 2 rings (SSSR count). The molecule has 0 spiro atoms. The van der Waals surface area contributed by atoms with Gasteiger partial charge in [0.25, 0.3) is 0 Å². The smallest absolute Gasteiger partial charge is 0.309 e. The predicted molar refractivity (Wildman–Crippen MR) is 85.7 cm³/mol. The largest absolute Gasteiger partial charge is 0.457 e. The lowest BCUT2D eigenvalue weighted by Crippen LogP contribution is -2.22. The van der Waals surface area contributed by atoms with Crippen molar-refractivity contribution in [2.45, 2.75) is 19.8 Å². The van der Waals surface area contributed by atoms with Crippen molar-refractivity contribution in [3.63, 3.8) is 0 Å². The molecule has 0 saturated carbocycles. The molecule has 0 aliphatic rings. The summed E-state index contributed by atoms with van der Waals surface area (Å²) in [5.74, 6) is -0.704. The van der Waals surface area contributed by atoms with Gasteiger partial charge in [0.1, 0.15) is 0 Å². The molecule has 0 saturated heterocycles. The van der Waals surface area contributed by atoms with E-state index in [2.05, 4.69) is 0 Å². The van der Waals surface area contributed by atoms with E-state index in [0.29, 0.717) is 18.4 Å². The summed E-state index contributed by atoms with van der Waals surface area (Å²) in [5, 5.41) is 0. The molecule has 0 aromatic heterocycles. The summed E-state index contributed by atoms with van der Waals surface area (Å²) in [5.41, 5.74) is 1.66. The van der Waals surface area contributed by atoms with Gasteiger partial charge in [-0.1, -0.05) is 67.6 Å². The molecule has 0 heterocycles. The highest BCUT2D eigenvalue weighted by Gasteiger charge is 2.19. The number of esters is 1. The van der Waals surface area contributed by atoms with Crippen molar-refractivity contribution < 1.29 is 14.3 Å². The van der Waals surface area contributed by atoms with Gasteiger partial charge < -0.3 is 4.74 Å². The van der Waals surface area contributed by atoms with E-state index in [1.54, 1.807) is 24.3 Å². The lowest BCUT2D eigenvalue weighted by atomic mass is 9.97. The van der Waals surface area contributed by atoms with Gasteiger partial charge in [0.15, 0.2) is 12.4 Å². The van der Waals surface area contributed by atoms with Gasteiger partial charge in [-0.2, -0.15) is 0 Å². The average molecular weight is 296 g/mol. The van der Waals surface area contributed by atoms with Crippen LogP contribution in [-0.4, -0.2) is 18.4 Å². The number of rotatable bonds is 7. The van der Waals surface area contributed by atoms with Crippen LogP contribution in [0.3, 0.4) is 0 Å². The third kappa shape index (κ3) is 4.55. The first-order valence-electron chi connectivity index (χ1n) is 7.49. The van der Waals surface area contributed by atoms with E-state index in [4.69, 9.17) is 4.74 Å². The Kier molecular flexibility index (Phi) is 5.90. The summed E-state index contributed by atoms with van der Waals surface area (Å²) >= 11 is 0. The number of carbonyl (C=O) groups excluding carboxylic acids is 2. The highest BCUT2D eigenvalue weighted by atomic mass is 16.5. The number of Topliss-reactive ketones (excluding diaryl/α,β-unsaturated/α-hetero) is 1. The summed E-state index contributed by atoms with van der Waals surface area (Å²) in [6.45, 7) is 1.75. The fraction of sp³-hybridized carbons (Fsp3) is 0.263. The first-order chi connectivity index (χ1) is 10.7. The van der Waals surface area contributed by atoms with Crippen LogP contribution in [0.2, 0.25) is 0 Å². The number of ketones is 1. The van der Waals surface area contributed by atoms with Crippen molar-refractivity contribution in [3.05, 3.63) is 71.8 Å². The molecule has 0 aliphatic carbocycles. The summed E-state index contributed by atoms with van der Waals surface area (Å²) in [4.78, 5) is 24.1. The Morgan fingerprint density at radius 3 is 2.14 bits per heavy atom. The standard InChI is InChI=1S/C19H20O3/c1-2-16(13-15-9-5-3-6-10-15)19(21)22-14-18(20)17-11-7-4-8-12-17/h3-12,16H,2,13-14H2,1H3/t16-/m1/s1. The van der Waals surface area contributed by atoms with Crippen molar-refractivity contribution in [3.8, 4) is 0 Å². The fourth-order valence-electron chi connectivity index (χ4n) is 2.25. The summed E-state index contributed by atoms with van der Waals surface area (Å²) in [6, 6.07) is 18.7. The van der Waals surface area contributed by atoms with E-state index in [-0.39, 0.29) is 24.3 Å². The zero-order chi connectivity index (χ0) is 15.8. The molecule has 22 heavy (non-hydrogen) atoms. The minimum atomic E-state index is -0.310. The van der Waals surface area contributed by atoms with Crippen LogP contribution in [0.5, 0.6) is 0 Å². The molecule has 0 aliphatic heterocycles. The number of hydrogen-bond acceptors (Lipinski definition) is 3. The van der Waals surface area contributed by atoms with Crippen molar-refractivity contribution in [1.29, 1.82) is 0 Å². The van der Waals surface area contributed by atoms with E-state index >= 15 is 0 Å². The second-order valence-electron chi connectivity index (χ2n) is 5.19. The fourth-order valence-corrected chi connectivity index (χ4v) is 2.25. The lowest BCUT2D eigenvalue weighted by Gasteiger charge is -2.14. The summed E-state index contributed by atoms with van der Waals surface area (Å²) in [6.07, 6.45) is 1.32. The third-order valence-electron chi connectivity index (χ3n) is 3.59. The molecule has 0 amide bonds. The van der Waals surface area contributed by atoms with Crippen molar-refractivity contribution >= 4 is 11.8 Å². The van der Waals surface area contributed by atoms with Crippen LogP contribution in [0.15, 0.2) is 60.7 Å². The zero-order valence-corrected chi connectivity index (χ0v) is 12.7. The lowest BCUT2D eigenvalue weighted by molar-refractivity contribution is -0.147. The quantitative estimate of drug-likeness (QED) is 0.578. The Morgan fingerprint density at radius 2 is 1.55 bits per heavy atom. The van der Waals surface area contributed by atoms with Gasteiger partial charge in [0, 0.05) is 5.56 Å². The van der Waals surface area contributed by atoms with Crippen LogP contribution in [0.25, 0.3) is 0 Å². The first-order valence-corrected chi connectivity index (χ1v) is 7.49. The Labute approximate surface area is 130 Å². The van der Waals surface area contributed by atoms with Crippen molar-refractivity contribution in [2.24, 2.45) is 5.92 Å². The molecule has 114 valence electrons. The molecule has 0 radical (unpaired) electrons. The highest BCUT2D eigenvalue weighted by molar-refractivity contribution is 5.97. The number of carbonyl (C=O) groups is 2. The monoisotopic (exact) mass is 296 g/mol. The third-order valence-corrected chi connectivity index (χ3v) is 3.59. The van der Waals surface area contributed by atoms with Gasteiger partial charge in [-0.05, 0) is 18.4 Å². The number of ether oxygens (including phenoxy) is 1. The maximum absolute atomic E-state index is 12.1. The minimum absolute atomic E-state index is 0.177. The van der Waals surface area contributed by atoms with Crippen LogP contribution in [0.4, 0.5) is 0 Å². The topological polar surface area (TPSA) is 43.4 Å². The predicted octanol–water partition coefficient (Wildman–Crippen LogP) is 3.68. The average Bonchev–Trinajstić information content (AvgIpc) is 2.59. The maximum atomic E-state index is 12.1. The van der Waals surface area contributed by atoms with Crippen molar-refractivity contribution in [2.75, 3.05) is 6.61 Å². The maximum Gasteiger partial charge on any atom is 0.309 e. The second-order valence-corrected chi connectivity index (χ2v) is 5.19. The van der Waals surface area contributed by atoms with Gasteiger partial charge in [-0.15, -0.1) is 0 Å². The Hall–Kier alpha value is -2.42. The van der Waals surface area contributed by atoms with E-state index in [0.717, 1.165) is 5.56 Å². The van der Waals surface area contributed by atoms with Crippen molar-refractivity contribution in [1.82, 2.24) is 0 Å². The Balaban J connectivity index is 1.88. The minimum Gasteiger partial charge on any atom is -0.457 e. The van der Waals surface area contributed by atoms with Gasteiger partial charge in [0.05, 0.1) is 5.92 Å². The van der Waals surface area contributed by atoms with Gasteiger partial charge in [0.2, 0.25) is 0 Å². The SMILES string of the molecule is CC[C@H](Cc1ccccc1)C(=O)OCC(=O)c1ccccc1. The molecule has 0 bridgehead atoms. The summed E-state index contributed by atoms with van der Waals surface area (Å²) in [7, 11) is 0. The number of benzene rings is 2. The highest BCUT2D eigenvalue weighted by Crippen LogP contribution is 2.14. The van der Waals surface area contributed by atoms with E-state index in [1.165, 1.54) is 0 Å². The molecule has 2 aromatic rings. The van der Waals surface area contributed by atoms with Gasteiger partial charge in [-0.25, -0.2) is 0 Å².